The van der Waals surface area contributed by atoms with Crippen molar-refractivity contribution in [1.29, 1.82) is 0 Å². The highest BCUT2D eigenvalue weighted by molar-refractivity contribution is 6.30. The average molecular weight is 475 g/mol. The molecular formula is C26H27ClN6O. The summed E-state index contributed by atoms with van der Waals surface area (Å²) in [4.78, 5) is 15.1. The van der Waals surface area contributed by atoms with E-state index in [0.29, 0.717) is 18.1 Å². The fourth-order valence-electron chi connectivity index (χ4n) is 4.67. The van der Waals surface area contributed by atoms with Gasteiger partial charge in [0.15, 0.2) is 5.82 Å². The van der Waals surface area contributed by atoms with Crippen LogP contribution in [0.15, 0.2) is 54.6 Å². The minimum Gasteiger partial charge on any atom is -0.352 e. The molecule has 1 unspecified atom stereocenters. The Morgan fingerprint density at radius 1 is 1.09 bits per heavy atom. The molecule has 0 bridgehead atoms. The van der Waals surface area contributed by atoms with Crippen LogP contribution in [-0.4, -0.2) is 39.0 Å². The first kappa shape index (κ1) is 22.3. The molecular weight excluding hydrogens is 448 g/mol. The highest BCUT2D eigenvalue weighted by atomic mass is 35.5. The number of fused-ring (bicyclic) bond motifs is 1. The zero-order chi connectivity index (χ0) is 23.7. The normalized spacial score (nSPS) is 16.1. The molecule has 34 heavy (non-hydrogen) atoms. The topological polar surface area (TPSA) is 75.9 Å². The molecule has 0 aliphatic carbocycles. The Morgan fingerprint density at radius 3 is 2.62 bits per heavy atom. The van der Waals surface area contributed by atoms with Crippen LogP contribution in [0.25, 0.3) is 16.6 Å². The SMILES string of the molecule is Cc1nnc(N2CCCC(C(=O)NCc3ccccc3)C2)c2nn(-c3ccc(Cl)cc3)c(C)c12. The summed E-state index contributed by atoms with van der Waals surface area (Å²) in [6.45, 7) is 5.95. The van der Waals surface area contributed by atoms with Gasteiger partial charge in [-0.15, -0.1) is 5.10 Å². The summed E-state index contributed by atoms with van der Waals surface area (Å²) in [6, 6.07) is 17.6. The van der Waals surface area contributed by atoms with Gasteiger partial charge in [-0.2, -0.15) is 10.2 Å². The number of nitrogens with zero attached hydrogens (tertiary/aromatic N) is 5. The molecule has 1 aliphatic heterocycles. The summed E-state index contributed by atoms with van der Waals surface area (Å²) < 4.78 is 1.91. The van der Waals surface area contributed by atoms with E-state index in [0.717, 1.165) is 58.7 Å². The maximum atomic E-state index is 12.9. The number of piperidine rings is 1. The molecule has 5 rings (SSSR count). The molecule has 8 heteroatoms. The smallest absolute Gasteiger partial charge is 0.225 e. The van der Waals surface area contributed by atoms with Crippen molar-refractivity contribution in [2.45, 2.75) is 33.2 Å². The van der Waals surface area contributed by atoms with Crippen LogP contribution in [0.3, 0.4) is 0 Å². The van der Waals surface area contributed by atoms with Gasteiger partial charge in [0, 0.05) is 24.7 Å². The highest BCUT2D eigenvalue weighted by Gasteiger charge is 2.29. The number of anilines is 1. The molecule has 0 radical (unpaired) electrons. The second-order valence-corrected chi connectivity index (χ2v) is 9.23. The molecule has 1 aliphatic rings. The predicted octanol–water partition coefficient (Wildman–Crippen LogP) is 4.62. The zero-order valence-corrected chi connectivity index (χ0v) is 20.1. The van der Waals surface area contributed by atoms with Gasteiger partial charge in [0.2, 0.25) is 5.91 Å². The molecule has 1 saturated heterocycles. The second-order valence-electron chi connectivity index (χ2n) is 8.79. The maximum Gasteiger partial charge on any atom is 0.225 e. The summed E-state index contributed by atoms with van der Waals surface area (Å²) in [6.07, 6.45) is 1.77. The Labute approximate surface area is 203 Å². The van der Waals surface area contributed by atoms with Crippen molar-refractivity contribution in [1.82, 2.24) is 25.3 Å². The van der Waals surface area contributed by atoms with Crippen molar-refractivity contribution >= 4 is 34.2 Å². The molecule has 7 nitrogen and oxygen atoms in total. The molecule has 0 saturated carbocycles. The van der Waals surface area contributed by atoms with Crippen LogP contribution in [-0.2, 0) is 11.3 Å². The lowest BCUT2D eigenvalue weighted by Gasteiger charge is -2.32. The van der Waals surface area contributed by atoms with Gasteiger partial charge in [0.25, 0.3) is 0 Å². The van der Waals surface area contributed by atoms with E-state index in [2.05, 4.69) is 20.4 Å². The number of hydrogen-bond donors (Lipinski definition) is 1. The van der Waals surface area contributed by atoms with Crippen molar-refractivity contribution in [2.24, 2.45) is 5.92 Å². The van der Waals surface area contributed by atoms with Crippen molar-refractivity contribution < 1.29 is 4.79 Å². The van der Waals surface area contributed by atoms with E-state index in [-0.39, 0.29) is 11.8 Å². The van der Waals surface area contributed by atoms with E-state index in [1.807, 2.05) is 73.1 Å². The third-order valence-corrected chi connectivity index (χ3v) is 6.71. The molecule has 2 aromatic heterocycles. The first-order valence-electron chi connectivity index (χ1n) is 11.6. The summed E-state index contributed by atoms with van der Waals surface area (Å²) >= 11 is 6.08. The molecule has 0 spiro atoms. The quantitative estimate of drug-likeness (QED) is 0.456. The van der Waals surface area contributed by atoms with Gasteiger partial charge in [0.1, 0.15) is 5.52 Å². The third kappa shape index (κ3) is 4.35. The lowest BCUT2D eigenvalue weighted by atomic mass is 9.97. The number of nitrogens with one attached hydrogen (secondary N) is 1. The maximum absolute atomic E-state index is 12.9. The van der Waals surface area contributed by atoms with E-state index in [1.165, 1.54) is 0 Å². The molecule has 1 fully saturated rings. The summed E-state index contributed by atoms with van der Waals surface area (Å²) in [5.41, 5.74) is 4.68. The Morgan fingerprint density at radius 2 is 1.85 bits per heavy atom. The predicted molar refractivity (Wildman–Crippen MR) is 134 cm³/mol. The molecule has 1 N–H and O–H groups in total. The number of aryl methyl sites for hydroxylation is 2. The van der Waals surface area contributed by atoms with Crippen molar-refractivity contribution in [3.05, 3.63) is 76.6 Å². The lowest BCUT2D eigenvalue weighted by Crippen LogP contribution is -2.43. The van der Waals surface area contributed by atoms with Gasteiger partial charge in [-0.3, -0.25) is 4.79 Å². The standard InChI is InChI=1S/C26H27ClN6O/c1-17-23-18(2)33(22-12-10-21(27)11-13-22)31-24(23)25(30-29-17)32-14-6-9-20(16-32)26(34)28-15-19-7-4-3-5-8-19/h3-5,7-8,10-13,20H,6,9,14-16H2,1-2H3,(H,28,34). The molecule has 3 heterocycles. The van der Waals surface area contributed by atoms with E-state index >= 15 is 0 Å². The first-order valence-corrected chi connectivity index (χ1v) is 11.9. The fourth-order valence-corrected chi connectivity index (χ4v) is 4.80. The highest BCUT2D eigenvalue weighted by Crippen LogP contribution is 2.31. The number of benzene rings is 2. The molecule has 1 atom stereocenters. The molecule has 174 valence electrons. The van der Waals surface area contributed by atoms with E-state index in [4.69, 9.17) is 16.7 Å². The van der Waals surface area contributed by atoms with Gasteiger partial charge in [-0.25, -0.2) is 4.68 Å². The Bertz CT molecular complexity index is 1320. The summed E-state index contributed by atoms with van der Waals surface area (Å²) in [7, 11) is 0. The molecule has 1 amide bonds. The Hall–Kier alpha value is -3.45. The zero-order valence-electron chi connectivity index (χ0n) is 19.3. The van der Waals surface area contributed by atoms with Crippen molar-refractivity contribution in [2.75, 3.05) is 18.0 Å². The monoisotopic (exact) mass is 474 g/mol. The Balaban J connectivity index is 1.41. The van der Waals surface area contributed by atoms with Crippen molar-refractivity contribution in [3.8, 4) is 5.69 Å². The van der Waals surface area contributed by atoms with Crippen LogP contribution in [0.5, 0.6) is 0 Å². The number of rotatable bonds is 5. The first-order chi connectivity index (χ1) is 16.5. The van der Waals surface area contributed by atoms with Crippen LogP contribution >= 0.6 is 11.6 Å². The number of aromatic nitrogens is 4. The van der Waals surface area contributed by atoms with Crippen LogP contribution in [0.1, 0.15) is 29.8 Å². The molecule has 4 aromatic rings. The lowest BCUT2D eigenvalue weighted by molar-refractivity contribution is -0.125. The van der Waals surface area contributed by atoms with E-state index in [1.54, 1.807) is 0 Å². The average Bonchev–Trinajstić information content (AvgIpc) is 3.22. The van der Waals surface area contributed by atoms with Crippen molar-refractivity contribution in [3.63, 3.8) is 0 Å². The summed E-state index contributed by atoms with van der Waals surface area (Å²) in [5.74, 6) is 0.708. The van der Waals surface area contributed by atoms with Gasteiger partial charge < -0.3 is 10.2 Å². The van der Waals surface area contributed by atoms with Crippen LogP contribution in [0.2, 0.25) is 5.02 Å². The molecule has 2 aromatic carbocycles. The fraction of sp³-hybridized carbons (Fsp3) is 0.308. The van der Waals surface area contributed by atoms with E-state index in [9.17, 15) is 4.79 Å². The van der Waals surface area contributed by atoms with Gasteiger partial charge in [-0.1, -0.05) is 41.9 Å². The minimum absolute atomic E-state index is 0.0766. The van der Waals surface area contributed by atoms with Crippen LogP contribution < -0.4 is 10.2 Å². The largest absolute Gasteiger partial charge is 0.352 e. The Kier molecular flexibility index (Phi) is 6.20. The van der Waals surface area contributed by atoms with Crippen LogP contribution in [0, 0.1) is 19.8 Å². The second kappa shape index (κ2) is 9.43. The van der Waals surface area contributed by atoms with E-state index < -0.39 is 0 Å². The minimum atomic E-state index is -0.102. The number of carbonyl (C=O) groups is 1. The van der Waals surface area contributed by atoms with Gasteiger partial charge >= 0.3 is 0 Å². The van der Waals surface area contributed by atoms with Crippen LogP contribution in [0.4, 0.5) is 5.82 Å². The summed E-state index contributed by atoms with van der Waals surface area (Å²) in [5, 5.41) is 18.7. The van der Waals surface area contributed by atoms with Gasteiger partial charge in [-0.05, 0) is 56.5 Å². The number of halogens is 1. The number of hydrogen-bond acceptors (Lipinski definition) is 5. The third-order valence-electron chi connectivity index (χ3n) is 6.46. The van der Waals surface area contributed by atoms with Gasteiger partial charge in [0.05, 0.1) is 28.4 Å². The number of amides is 1. The number of carbonyl (C=O) groups excluding carboxylic acids is 1.